The van der Waals surface area contributed by atoms with Crippen LogP contribution in [0.2, 0.25) is 0 Å². The van der Waals surface area contributed by atoms with Crippen LogP contribution in [0.15, 0.2) is 12.1 Å². The van der Waals surface area contributed by atoms with Gasteiger partial charge in [0.1, 0.15) is 12.4 Å². The Hall–Kier alpha value is -1.22. The molecule has 12 heavy (non-hydrogen) atoms. The molecule has 2 rings (SSSR count). The SMILES string of the molecule is Cc1cc(N)cc2c1C(N)CO2. The van der Waals surface area contributed by atoms with Crippen LogP contribution in [0.25, 0.3) is 0 Å². The second-order valence-corrected chi connectivity index (χ2v) is 3.17. The van der Waals surface area contributed by atoms with E-state index < -0.39 is 0 Å². The van der Waals surface area contributed by atoms with Gasteiger partial charge in [-0.15, -0.1) is 0 Å². The zero-order chi connectivity index (χ0) is 8.72. The van der Waals surface area contributed by atoms with Gasteiger partial charge in [-0.3, -0.25) is 0 Å². The summed E-state index contributed by atoms with van der Waals surface area (Å²) in [5, 5.41) is 0. The number of fused-ring (bicyclic) bond motifs is 1. The Bertz CT molecular complexity index is 323. The number of rotatable bonds is 0. The molecule has 0 aromatic heterocycles. The fraction of sp³-hybridized carbons (Fsp3) is 0.333. The molecule has 1 aromatic carbocycles. The van der Waals surface area contributed by atoms with Gasteiger partial charge in [0.15, 0.2) is 0 Å². The highest BCUT2D eigenvalue weighted by molar-refractivity contribution is 5.55. The fourth-order valence-electron chi connectivity index (χ4n) is 1.65. The molecule has 4 N–H and O–H groups in total. The molecule has 1 aliphatic rings. The van der Waals surface area contributed by atoms with Crippen LogP contribution in [0.3, 0.4) is 0 Å². The first-order chi connectivity index (χ1) is 5.68. The lowest BCUT2D eigenvalue weighted by Gasteiger charge is -2.05. The summed E-state index contributed by atoms with van der Waals surface area (Å²) in [6.07, 6.45) is 0. The normalized spacial score (nSPS) is 20.3. The van der Waals surface area contributed by atoms with Crippen LogP contribution in [-0.2, 0) is 0 Å². The average Bonchev–Trinajstić information content (AvgIpc) is 2.31. The number of aryl methyl sites for hydroxylation is 1. The van der Waals surface area contributed by atoms with Crippen LogP contribution >= 0.6 is 0 Å². The van der Waals surface area contributed by atoms with Crippen LogP contribution < -0.4 is 16.2 Å². The van der Waals surface area contributed by atoms with Crippen molar-refractivity contribution in [3.8, 4) is 5.75 Å². The van der Waals surface area contributed by atoms with Gasteiger partial charge in [-0.05, 0) is 18.6 Å². The lowest BCUT2D eigenvalue weighted by Crippen LogP contribution is -2.11. The molecular formula is C9H12N2O. The summed E-state index contributed by atoms with van der Waals surface area (Å²) >= 11 is 0. The highest BCUT2D eigenvalue weighted by Gasteiger charge is 2.22. The lowest BCUT2D eigenvalue weighted by molar-refractivity contribution is 0.333. The molecule has 0 fully saturated rings. The van der Waals surface area contributed by atoms with Crippen molar-refractivity contribution in [3.05, 3.63) is 23.3 Å². The standard InChI is InChI=1S/C9H12N2O/c1-5-2-6(10)3-8-9(5)7(11)4-12-8/h2-3,7H,4,10-11H2,1H3. The van der Waals surface area contributed by atoms with Crippen LogP contribution in [0.5, 0.6) is 5.75 Å². The molecule has 0 radical (unpaired) electrons. The number of nitrogens with two attached hydrogens (primary N) is 2. The smallest absolute Gasteiger partial charge is 0.126 e. The summed E-state index contributed by atoms with van der Waals surface area (Å²) in [6.45, 7) is 2.57. The highest BCUT2D eigenvalue weighted by Crippen LogP contribution is 2.35. The predicted molar refractivity (Wildman–Crippen MR) is 48.0 cm³/mol. The number of nitrogen functional groups attached to an aromatic ring is 1. The molecule has 0 aliphatic carbocycles. The second kappa shape index (κ2) is 2.38. The molecular weight excluding hydrogens is 152 g/mol. The van der Waals surface area contributed by atoms with E-state index >= 15 is 0 Å². The molecule has 64 valence electrons. The molecule has 1 aliphatic heterocycles. The molecule has 1 atom stereocenters. The largest absolute Gasteiger partial charge is 0.491 e. The quantitative estimate of drug-likeness (QED) is 0.562. The predicted octanol–water partition coefficient (Wildman–Crippen LogP) is 0.969. The van der Waals surface area contributed by atoms with Crippen molar-refractivity contribution in [3.63, 3.8) is 0 Å². The maximum absolute atomic E-state index is 5.83. The summed E-state index contributed by atoms with van der Waals surface area (Å²) in [5.74, 6) is 0.847. The van der Waals surface area contributed by atoms with Gasteiger partial charge in [0, 0.05) is 17.3 Å². The fourth-order valence-corrected chi connectivity index (χ4v) is 1.65. The van der Waals surface area contributed by atoms with Crippen LogP contribution in [-0.4, -0.2) is 6.61 Å². The molecule has 3 nitrogen and oxygen atoms in total. The van der Waals surface area contributed by atoms with Crippen molar-refractivity contribution < 1.29 is 4.74 Å². The van der Waals surface area contributed by atoms with Crippen molar-refractivity contribution in [1.29, 1.82) is 0 Å². The van der Waals surface area contributed by atoms with Crippen molar-refractivity contribution in [1.82, 2.24) is 0 Å². The molecule has 0 bridgehead atoms. The Morgan fingerprint density at radius 2 is 2.25 bits per heavy atom. The van der Waals surface area contributed by atoms with Gasteiger partial charge in [-0.1, -0.05) is 0 Å². The minimum atomic E-state index is 0.0144. The maximum atomic E-state index is 5.83. The minimum absolute atomic E-state index is 0.0144. The summed E-state index contributed by atoms with van der Waals surface area (Å²) in [4.78, 5) is 0. The van der Waals surface area contributed by atoms with Gasteiger partial charge in [0.2, 0.25) is 0 Å². The van der Waals surface area contributed by atoms with Crippen molar-refractivity contribution >= 4 is 5.69 Å². The van der Waals surface area contributed by atoms with Crippen LogP contribution in [0.1, 0.15) is 17.2 Å². The van der Waals surface area contributed by atoms with Crippen molar-refractivity contribution in [2.45, 2.75) is 13.0 Å². The van der Waals surface area contributed by atoms with Gasteiger partial charge in [-0.25, -0.2) is 0 Å². The van der Waals surface area contributed by atoms with Gasteiger partial charge >= 0.3 is 0 Å². The van der Waals surface area contributed by atoms with Gasteiger partial charge < -0.3 is 16.2 Å². The molecule has 1 unspecified atom stereocenters. The van der Waals surface area contributed by atoms with E-state index in [0.29, 0.717) is 6.61 Å². The Morgan fingerprint density at radius 1 is 1.50 bits per heavy atom. The first-order valence-corrected chi connectivity index (χ1v) is 3.97. The lowest BCUT2D eigenvalue weighted by atomic mass is 10.0. The van der Waals surface area contributed by atoms with Gasteiger partial charge in [-0.2, -0.15) is 0 Å². The van der Waals surface area contributed by atoms with Crippen LogP contribution in [0.4, 0.5) is 5.69 Å². The summed E-state index contributed by atoms with van der Waals surface area (Å²) in [7, 11) is 0. The first kappa shape index (κ1) is 7.43. The third kappa shape index (κ3) is 0.940. The molecule has 1 heterocycles. The molecule has 0 spiro atoms. The van der Waals surface area contributed by atoms with E-state index in [1.54, 1.807) is 0 Å². The molecule has 1 aromatic rings. The summed E-state index contributed by atoms with van der Waals surface area (Å²) < 4.78 is 5.37. The maximum Gasteiger partial charge on any atom is 0.126 e. The van der Waals surface area contributed by atoms with Crippen LogP contribution in [0, 0.1) is 6.92 Å². The van der Waals surface area contributed by atoms with E-state index in [4.69, 9.17) is 16.2 Å². The molecule has 0 saturated carbocycles. The summed E-state index contributed by atoms with van der Waals surface area (Å²) in [6, 6.07) is 3.77. The molecule has 0 saturated heterocycles. The number of ether oxygens (including phenoxy) is 1. The summed E-state index contributed by atoms with van der Waals surface area (Å²) in [5.41, 5.74) is 14.4. The van der Waals surface area contributed by atoms with E-state index in [9.17, 15) is 0 Å². The number of benzene rings is 1. The van der Waals surface area contributed by atoms with E-state index in [1.807, 2.05) is 19.1 Å². The Kier molecular flexibility index (Phi) is 1.48. The third-order valence-electron chi connectivity index (χ3n) is 2.16. The number of hydrogen-bond donors (Lipinski definition) is 2. The number of anilines is 1. The zero-order valence-corrected chi connectivity index (χ0v) is 7.00. The van der Waals surface area contributed by atoms with E-state index in [0.717, 1.165) is 22.6 Å². The monoisotopic (exact) mass is 164 g/mol. The van der Waals surface area contributed by atoms with Crippen molar-refractivity contribution in [2.75, 3.05) is 12.3 Å². The number of hydrogen-bond acceptors (Lipinski definition) is 3. The third-order valence-corrected chi connectivity index (χ3v) is 2.16. The molecule has 0 amide bonds. The zero-order valence-electron chi connectivity index (χ0n) is 7.00. The van der Waals surface area contributed by atoms with Gasteiger partial charge in [0.05, 0.1) is 6.04 Å². The first-order valence-electron chi connectivity index (χ1n) is 3.97. The van der Waals surface area contributed by atoms with Crippen molar-refractivity contribution in [2.24, 2.45) is 5.73 Å². The van der Waals surface area contributed by atoms with E-state index in [2.05, 4.69) is 0 Å². The average molecular weight is 164 g/mol. The molecule has 3 heteroatoms. The highest BCUT2D eigenvalue weighted by atomic mass is 16.5. The Morgan fingerprint density at radius 3 is 3.00 bits per heavy atom. The van der Waals surface area contributed by atoms with Gasteiger partial charge in [0.25, 0.3) is 0 Å². The topological polar surface area (TPSA) is 61.3 Å². The second-order valence-electron chi connectivity index (χ2n) is 3.17. The van der Waals surface area contributed by atoms with E-state index in [-0.39, 0.29) is 6.04 Å². The Labute approximate surface area is 71.3 Å². The minimum Gasteiger partial charge on any atom is -0.491 e. The van der Waals surface area contributed by atoms with E-state index in [1.165, 1.54) is 0 Å². The Balaban J connectivity index is 2.60.